The van der Waals surface area contributed by atoms with E-state index in [4.69, 9.17) is 4.52 Å². The van der Waals surface area contributed by atoms with Gasteiger partial charge in [0.25, 0.3) is 0 Å². The van der Waals surface area contributed by atoms with E-state index < -0.39 is 0 Å². The average molecular weight is 393 g/mol. The molecule has 0 saturated heterocycles. The van der Waals surface area contributed by atoms with Crippen molar-refractivity contribution in [3.05, 3.63) is 46.7 Å². The standard InChI is InChI=1S/C16H17BrN4OS/c1-2-3-4-14-20-15(22-21-14)10-23-16-18-9-13(19-16)11-5-7-12(17)8-6-11/h5-9H,2-4,10H2,1H3,(H,18,19). The number of aryl methyl sites for hydroxylation is 1. The zero-order valence-corrected chi connectivity index (χ0v) is 15.2. The number of hydrogen-bond acceptors (Lipinski definition) is 5. The predicted octanol–water partition coefficient (Wildman–Crippen LogP) is 4.86. The number of nitrogens with one attached hydrogen (secondary N) is 1. The first-order valence-corrected chi connectivity index (χ1v) is 9.27. The SMILES string of the molecule is CCCCc1noc(CSc2ncc(-c3ccc(Br)cc3)[nH]2)n1. The zero-order chi connectivity index (χ0) is 16.1. The van der Waals surface area contributed by atoms with E-state index in [0.717, 1.165) is 46.0 Å². The van der Waals surface area contributed by atoms with Crippen molar-refractivity contribution in [2.45, 2.75) is 37.1 Å². The monoisotopic (exact) mass is 392 g/mol. The zero-order valence-electron chi connectivity index (χ0n) is 12.8. The molecule has 0 bridgehead atoms. The van der Waals surface area contributed by atoms with E-state index in [-0.39, 0.29) is 0 Å². The molecule has 0 radical (unpaired) electrons. The van der Waals surface area contributed by atoms with E-state index in [9.17, 15) is 0 Å². The molecule has 1 aromatic carbocycles. The molecule has 0 amide bonds. The first-order chi connectivity index (χ1) is 11.2. The first-order valence-electron chi connectivity index (χ1n) is 7.50. The van der Waals surface area contributed by atoms with Crippen molar-refractivity contribution in [3.63, 3.8) is 0 Å². The number of rotatable bonds is 7. The van der Waals surface area contributed by atoms with Gasteiger partial charge < -0.3 is 9.51 Å². The normalized spacial score (nSPS) is 11.0. The minimum Gasteiger partial charge on any atom is -0.338 e. The molecule has 0 saturated carbocycles. The molecule has 23 heavy (non-hydrogen) atoms. The highest BCUT2D eigenvalue weighted by Gasteiger charge is 2.09. The van der Waals surface area contributed by atoms with Gasteiger partial charge in [-0.15, -0.1) is 0 Å². The number of unbranched alkanes of at least 4 members (excludes halogenated alkanes) is 1. The Hall–Kier alpha value is -1.60. The van der Waals surface area contributed by atoms with Gasteiger partial charge >= 0.3 is 0 Å². The second-order valence-electron chi connectivity index (χ2n) is 5.11. The number of thioether (sulfide) groups is 1. The van der Waals surface area contributed by atoms with E-state index in [1.165, 1.54) is 0 Å². The summed E-state index contributed by atoms with van der Waals surface area (Å²) >= 11 is 5.00. The van der Waals surface area contributed by atoms with Crippen molar-refractivity contribution >= 4 is 27.7 Å². The number of aromatic nitrogens is 4. The molecular weight excluding hydrogens is 376 g/mol. The Balaban J connectivity index is 1.58. The molecule has 3 aromatic rings. The van der Waals surface area contributed by atoms with Crippen molar-refractivity contribution in [1.29, 1.82) is 0 Å². The second kappa shape index (κ2) is 7.79. The molecule has 0 unspecified atom stereocenters. The third kappa shape index (κ3) is 4.45. The lowest BCUT2D eigenvalue weighted by molar-refractivity contribution is 0.384. The summed E-state index contributed by atoms with van der Waals surface area (Å²) in [6.45, 7) is 2.15. The summed E-state index contributed by atoms with van der Waals surface area (Å²) in [7, 11) is 0. The Morgan fingerprint density at radius 2 is 2.09 bits per heavy atom. The van der Waals surface area contributed by atoms with Crippen molar-refractivity contribution < 1.29 is 4.52 Å². The summed E-state index contributed by atoms with van der Waals surface area (Å²) in [6, 6.07) is 8.12. The summed E-state index contributed by atoms with van der Waals surface area (Å²) in [5, 5.41) is 4.84. The number of aromatic amines is 1. The minimum absolute atomic E-state index is 0.617. The predicted molar refractivity (Wildman–Crippen MR) is 94.2 cm³/mol. The largest absolute Gasteiger partial charge is 0.338 e. The lowest BCUT2D eigenvalue weighted by Crippen LogP contribution is -1.88. The summed E-state index contributed by atoms with van der Waals surface area (Å²) in [5.74, 6) is 2.05. The van der Waals surface area contributed by atoms with E-state index in [2.05, 4.69) is 43.0 Å². The van der Waals surface area contributed by atoms with Crippen LogP contribution in [0.15, 0.2) is 44.6 Å². The molecule has 1 N–H and O–H groups in total. The van der Waals surface area contributed by atoms with Crippen molar-refractivity contribution in [3.8, 4) is 11.3 Å². The van der Waals surface area contributed by atoms with Crippen LogP contribution in [-0.4, -0.2) is 20.1 Å². The number of hydrogen-bond donors (Lipinski definition) is 1. The number of H-pyrrole nitrogens is 1. The molecule has 0 atom stereocenters. The minimum atomic E-state index is 0.617. The second-order valence-corrected chi connectivity index (χ2v) is 6.99. The Labute approximate surface area is 147 Å². The smallest absolute Gasteiger partial charge is 0.237 e. The third-order valence-electron chi connectivity index (χ3n) is 3.30. The van der Waals surface area contributed by atoms with E-state index in [1.54, 1.807) is 11.8 Å². The molecule has 2 heterocycles. The van der Waals surface area contributed by atoms with Crippen LogP contribution < -0.4 is 0 Å². The van der Waals surface area contributed by atoms with Gasteiger partial charge in [-0.2, -0.15) is 4.98 Å². The van der Waals surface area contributed by atoms with Gasteiger partial charge in [-0.1, -0.05) is 58.3 Å². The molecule has 5 nitrogen and oxygen atoms in total. The van der Waals surface area contributed by atoms with Gasteiger partial charge in [-0.05, 0) is 24.1 Å². The van der Waals surface area contributed by atoms with Crippen LogP contribution in [0.1, 0.15) is 31.5 Å². The highest BCUT2D eigenvalue weighted by atomic mass is 79.9. The lowest BCUT2D eigenvalue weighted by atomic mass is 10.2. The molecule has 7 heteroatoms. The molecule has 0 spiro atoms. The van der Waals surface area contributed by atoms with Crippen LogP contribution >= 0.6 is 27.7 Å². The Morgan fingerprint density at radius 1 is 1.26 bits per heavy atom. The fourth-order valence-corrected chi connectivity index (χ4v) is 3.02. The maximum Gasteiger partial charge on any atom is 0.237 e. The van der Waals surface area contributed by atoms with E-state index >= 15 is 0 Å². The average Bonchev–Trinajstić information content (AvgIpc) is 3.21. The van der Waals surface area contributed by atoms with Crippen LogP contribution in [0.2, 0.25) is 0 Å². The maximum atomic E-state index is 5.26. The van der Waals surface area contributed by atoms with Crippen LogP contribution in [0.4, 0.5) is 0 Å². The number of nitrogens with zero attached hydrogens (tertiary/aromatic N) is 3. The van der Waals surface area contributed by atoms with Crippen molar-refractivity contribution in [2.24, 2.45) is 0 Å². The molecular formula is C16H17BrN4OS. The van der Waals surface area contributed by atoms with Gasteiger partial charge in [0, 0.05) is 10.9 Å². The van der Waals surface area contributed by atoms with Gasteiger partial charge in [0.2, 0.25) is 5.89 Å². The quantitative estimate of drug-likeness (QED) is 0.581. The van der Waals surface area contributed by atoms with Gasteiger partial charge in [-0.3, -0.25) is 0 Å². The Kier molecular flexibility index (Phi) is 5.51. The van der Waals surface area contributed by atoms with Crippen LogP contribution in [0.3, 0.4) is 0 Å². The van der Waals surface area contributed by atoms with Crippen LogP contribution in [0, 0.1) is 0 Å². The first kappa shape index (κ1) is 16.3. The van der Waals surface area contributed by atoms with Gasteiger partial charge in [-0.25, -0.2) is 4.98 Å². The maximum absolute atomic E-state index is 5.26. The lowest BCUT2D eigenvalue weighted by Gasteiger charge is -1.97. The van der Waals surface area contributed by atoms with E-state index in [0.29, 0.717) is 11.6 Å². The number of benzene rings is 1. The fraction of sp³-hybridized carbons (Fsp3) is 0.312. The van der Waals surface area contributed by atoms with Crippen LogP contribution in [0.5, 0.6) is 0 Å². The summed E-state index contributed by atoms with van der Waals surface area (Å²) < 4.78 is 6.32. The molecule has 3 rings (SSSR count). The van der Waals surface area contributed by atoms with Crippen LogP contribution in [-0.2, 0) is 12.2 Å². The molecule has 0 aliphatic heterocycles. The van der Waals surface area contributed by atoms with Gasteiger partial charge in [0.05, 0.1) is 17.6 Å². The topological polar surface area (TPSA) is 67.6 Å². The molecule has 0 fully saturated rings. The van der Waals surface area contributed by atoms with Gasteiger partial charge in [0.1, 0.15) is 0 Å². The summed E-state index contributed by atoms with van der Waals surface area (Å²) in [5.41, 5.74) is 2.10. The van der Waals surface area contributed by atoms with Crippen LogP contribution in [0.25, 0.3) is 11.3 Å². The van der Waals surface area contributed by atoms with Crippen molar-refractivity contribution in [1.82, 2.24) is 20.1 Å². The van der Waals surface area contributed by atoms with E-state index in [1.807, 2.05) is 30.5 Å². The fourth-order valence-electron chi connectivity index (χ4n) is 2.07. The Bertz CT molecular complexity index is 754. The highest BCUT2D eigenvalue weighted by Crippen LogP contribution is 2.24. The molecule has 0 aliphatic carbocycles. The third-order valence-corrected chi connectivity index (χ3v) is 4.71. The highest BCUT2D eigenvalue weighted by molar-refractivity contribution is 9.10. The molecule has 2 aromatic heterocycles. The van der Waals surface area contributed by atoms with Gasteiger partial charge in [0.15, 0.2) is 11.0 Å². The Morgan fingerprint density at radius 3 is 2.87 bits per heavy atom. The number of imidazole rings is 1. The number of halogens is 1. The van der Waals surface area contributed by atoms with Crippen molar-refractivity contribution in [2.75, 3.05) is 0 Å². The molecule has 0 aliphatic rings. The summed E-state index contributed by atoms with van der Waals surface area (Å²) in [6.07, 6.45) is 4.93. The summed E-state index contributed by atoms with van der Waals surface area (Å²) in [4.78, 5) is 12.1. The molecule has 120 valence electrons.